The predicted molar refractivity (Wildman–Crippen MR) is 104 cm³/mol. The van der Waals surface area contributed by atoms with E-state index >= 15 is 0 Å². The summed E-state index contributed by atoms with van der Waals surface area (Å²) >= 11 is 0. The van der Waals surface area contributed by atoms with Gasteiger partial charge in [0.2, 0.25) is 5.89 Å². The molecule has 0 aliphatic heterocycles. The third-order valence-corrected chi connectivity index (χ3v) is 5.13. The number of ether oxygens (including phenoxy) is 3. The number of nitrogens with zero attached hydrogens (tertiary/aromatic N) is 2. The standard InChI is InChI=1S/C21H26N2O6/c1-26-16-9-14(10-17(11-16)27-2)20(24)23(15-7-5-4-6-8-15)12-19-22-18(13-29-19)21(25)28-3/h9-11,13,15H,4-8,12H2,1-3H3. The van der Waals surface area contributed by atoms with Gasteiger partial charge in [-0.05, 0) is 25.0 Å². The van der Waals surface area contributed by atoms with Gasteiger partial charge in [0, 0.05) is 17.7 Å². The Bertz CT molecular complexity index is 834. The second-order valence-corrected chi connectivity index (χ2v) is 6.94. The molecule has 156 valence electrons. The highest BCUT2D eigenvalue weighted by atomic mass is 16.5. The maximum absolute atomic E-state index is 13.4. The topological polar surface area (TPSA) is 91.1 Å². The van der Waals surface area contributed by atoms with E-state index < -0.39 is 5.97 Å². The summed E-state index contributed by atoms with van der Waals surface area (Å²) in [6.07, 6.45) is 6.37. The highest BCUT2D eigenvalue weighted by Crippen LogP contribution is 2.28. The number of amides is 1. The Balaban J connectivity index is 1.90. The second kappa shape index (κ2) is 9.45. The lowest BCUT2D eigenvalue weighted by Gasteiger charge is -2.33. The Morgan fingerprint density at radius 1 is 1.07 bits per heavy atom. The molecular weight excluding hydrogens is 376 g/mol. The minimum absolute atomic E-state index is 0.0712. The van der Waals surface area contributed by atoms with Gasteiger partial charge < -0.3 is 23.5 Å². The van der Waals surface area contributed by atoms with Crippen LogP contribution in [0.25, 0.3) is 0 Å². The van der Waals surface area contributed by atoms with Crippen LogP contribution in [0.15, 0.2) is 28.9 Å². The molecule has 1 aromatic carbocycles. The van der Waals surface area contributed by atoms with E-state index in [2.05, 4.69) is 9.72 Å². The van der Waals surface area contributed by atoms with Crippen LogP contribution in [0, 0.1) is 0 Å². The van der Waals surface area contributed by atoms with Crippen molar-refractivity contribution in [2.45, 2.75) is 44.7 Å². The van der Waals surface area contributed by atoms with E-state index in [0.717, 1.165) is 32.1 Å². The van der Waals surface area contributed by atoms with Crippen molar-refractivity contribution in [2.75, 3.05) is 21.3 Å². The molecule has 1 aliphatic rings. The third kappa shape index (κ3) is 4.88. The van der Waals surface area contributed by atoms with Gasteiger partial charge in [-0.25, -0.2) is 9.78 Å². The fourth-order valence-corrected chi connectivity index (χ4v) is 3.58. The number of methoxy groups -OCH3 is 3. The van der Waals surface area contributed by atoms with Crippen LogP contribution < -0.4 is 9.47 Å². The number of carbonyl (C=O) groups excluding carboxylic acids is 2. The number of rotatable bonds is 7. The third-order valence-electron chi connectivity index (χ3n) is 5.13. The van der Waals surface area contributed by atoms with Gasteiger partial charge in [-0.15, -0.1) is 0 Å². The maximum atomic E-state index is 13.4. The second-order valence-electron chi connectivity index (χ2n) is 6.94. The molecule has 1 saturated carbocycles. The van der Waals surface area contributed by atoms with Crippen molar-refractivity contribution in [3.63, 3.8) is 0 Å². The quantitative estimate of drug-likeness (QED) is 0.655. The monoisotopic (exact) mass is 402 g/mol. The van der Waals surface area contributed by atoms with E-state index in [-0.39, 0.29) is 24.2 Å². The highest BCUT2D eigenvalue weighted by molar-refractivity contribution is 5.95. The molecule has 0 atom stereocenters. The van der Waals surface area contributed by atoms with Gasteiger partial charge in [0.05, 0.1) is 27.9 Å². The molecule has 0 saturated heterocycles. The van der Waals surface area contributed by atoms with Crippen molar-refractivity contribution in [1.29, 1.82) is 0 Å². The van der Waals surface area contributed by atoms with Crippen molar-refractivity contribution in [3.8, 4) is 11.5 Å². The van der Waals surface area contributed by atoms with Crippen LogP contribution in [0.4, 0.5) is 0 Å². The van der Waals surface area contributed by atoms with Crippen molar-refractivity contribution < 1.29 is 28.2 Å². The summed E-state index contributed by atoms with van der Waals surface area (Å²) in [5.74, 6) is 0.639. The zero-order chi connectivity index (χ0) is 20.8. The molecule has 1 heterocycles. The van der Waals surface area contributed by atoms with Crippen LogP contribution in [-0.4, -0.2) is 49.1 Å². The number of hydrogen-bond donors (Lipinski definition) is 0. The Hall–Kier alpha value is -3.03. The van der Waals surface area contributed by atoms with Gasteiger partial charge in [-0.2, -0.15) is 0 Å². The lowest BCUT2D eigenvalue weighted by molar-refractivity contribution is 0.0590. The van der Waals surface area contributed by atoms with E-state index in [4.69, 9.17) is 13.9 Å². The van der Waals surface area contributed by atoms with E-state index in [0.29, 0.717) is 23.0 Å². The van der Waals surface area contributed by atoms with E-state index in [9.17, 15) is 9.59 Å². The van der Waals surface area contributed by atoms with E-state index in [1.54, 1.807) is 37.3 Å². The molecular formula is C21H26N2O6. The van der Waals surface area contributed by atoms with Crippen LogP contribution in [0.1, 0.15) is 58.8 Å². The van der Waals surface area contributed by atoms with Crippen LogP contribution in [0.2, 0.25) is 0 Å². The molecule has 1 fully saturated rings. The number of aromatic nitrogens is 1. The SMILES string of the molecule is COC(=O)c1coc(CN(C(=O)c2cc(OC)cc(OC)c2)C2CCCCC2)n1. The first kappa shape index (κ1) is 20.7. The summed E-state index contributed by atoms with van der Waals surface area (Å²) in [5.41, 5.74) is 0.549. The molecule has 0 unspecified atom stereocenters. The Morgan fingerprint density at radius 2 is 1.72 bits per heavy atom. The number of hydrogen-bond acceptors (Lipinski definition) is 7. The van der Waals surface area contributed by atoms with Crippen molar-refractivity contribution >= 4 is 11.9 Å². The molecule has 1 aromatic heterocycles. The zero-order valence-electron chi connectivity index (χ0n) is 17.0. The number of esters is 1. The summed E-state index contributed by atoms with van der Waals surface area (Å²) < 4.78 is 20.7. The van der Waals surface area contributed by atoms with E-state index in [1.165, 1.54) is 13.4 Å². The average molecular weight is 402 g/mol. The largest absolute Gasteiger partial charge is 0.497 e. The lowest BCUT2D eigenvalue weighted by atomic mass is 9.93. The Morgan fingerprint density at radius 3 is 2.31 bits per heavy atom. The first-order valence-electron chi connectivity index (χ1n) is 9.62. The molecule has 0 radical (unpaired) electrons. The molecule has 0 spiro atoms. The van der Waals surface area contributed by atoms with Gasteiger partial charge in [-0.3, -0.25) is 4.79 Å². The van der Waals surface area contributed by atoms with Crippen LogP contribution >= 0.6 is 0 Å². The van der Waals surface area contributed by atoms with E-state index in [1.807, 2.05) is 0 Å². The average Bonchev–Trinajstić information content (AvgIpc) is 3.25. The fourth-order valence-electron chi connectivity index (χ4n) is 3.58. The summed E-state index contributed by atoms with van der Waals surface area (Å²) in [6, 6.07) is 5.17. The number of oxazole rings is 1. The van der Waals surface area contributed by atoms with Gasteiger partial charge in [0.25, 0.3) is 5.91 Å². The molecule has 29 heavy (non-hydrogen) atoms. The highest BCUT2D eigenvalue weighted by Gasteiger charge is 2.29. The van der Waals surface area contributed by atoms with Crippen LogP contribution in [0.3, 0.4) is 0 Å². The fraction of sp³-hybridized carbons (Fsp3) is 0.476. The molecule has 2 aromatic rings. The summed E-state index contributed by atoms with van der Waals surface area (Å²) in [5, 5.41) is 0. The first-order chi connectivity index (χ1) is 14.0. The lowest BCUT2D eigenvalue weighted by Crippen LogP contribution is -2.41. The molecule has 0 bridgehead atoms. The Kier molecular flexibility index (Phi) is 6.74. The van der Waals surface area contributed by atoms with Gasteiger partial charge >= 0.3 is 5.97 Å². The molecule has 8 nitrogen and oxygen atoms in total. The molecule has 1 aliphatic carbocycles. The Labute approximate surface area is 169 Å². The van der Waals surface area contributed by atoms with Crippen molar-refractivity contribution in [2.24, 2.45) is 0 Å². The van der Waals surface area contributed by atoms with Crippen molar-refractivity contribution in [3.05, 3.63) is 41.6 Å². The zero-order valence-corrected chi connectivity index (χ0v) is 17.0. The summed E-state index contributed by atoms with van der Waals surface area (Å²) in [4.78, 5) is 31.0. The van der Waals surface area contributed by atoms with Gasteiger partial charge in [0.15, 0.2) is 5.69 Å². The smallest absolute Gasteiger partial charge is 0.360 e. The number of carbonyl (C=O) groups is 2. The molecule has 1 amide bonds. The predicted octanol–water partition coefficient (Wildman–Crippen LogP) is 3.45. The normalized spacial score (nSPS) is 14.3. The number of benzene rings is 1. The van der Waals surface area contributed by atoms with Crippen LogP contribution in [0.5, 0.6) is 11.5 Å². The first-order valence-corrected chi connectivity index (χ1v) is 9.62. The summed E-state index contributed by atoms with van der Waals surface area (Å²) in [6.45, 7) is 0.167. The molecule has 3 rings (SSSR count). The minimum Gasteiger partial charge on any atom is -0.497 e. The van der Waals surface area contributed by atoms with Gasteiger partial charge in [-0.1, -0.05) is 19.3 Å². The molecule has 0 N–H and O–H groups in total. The van der Waals surface area contributed by atoms with Gasteiger partial charge in [0.1, 0.15) is 17.8 Å². The molecule has 8 heteroatoms. The van der Waals surface area contributed by atoms with Crippen LogP contribution in [-0.2, 0) is 11.3 Å². The minimum atomic E-state index is -0.576. The summed E-state index contributed by atoms with van der Waals surface area (Å²) in [7, 11) is 4.37. The van der Waals surface area contributed by atoms with Crippen molar-refractivity contribution in [1.82, 2.24) is 9.88 Å². The maximum Gasteiger partial charge on any atom is 0.360 e.